The van der Waals surface area contributed by atoms with Crippen LogP contribution >= 0.6 is 0 Å². The van der Waals surface area contributed by atoms with Gasteiger partial charge in [-0.2, -0.15) is 0 Å². The van der Waals surface area contributed by atoms with Gasteiger partial charge in [-0.3, -0.25) is 9.69 Å². The summed E-state index contributed by atoms with van der Waals surface area (Å²) in [4.78, 5) is 14.6. The minimum Gasteiger partial charge on any atom is -0.351 e. The first-order chi connectivity index (χ1) is 11.1. The molecule has 0 heterocycles. The van der Waals surface area contributed by atoms with E-state index in [9.17, 15) is 9.18 Å². The first-order valence-corrected chi connectivity index (χ1v) is 7.83. The molecular weight excluding hydrogens is 291 g/mol. The Morgan fingerprint density at radius 3 is 2.57 bits per heavy atom. The molecule has 4 heteroatoms. The lowest BCUT2D eigenvalue weighted by Gasteiger charge is -2.24. The number of carbonyl (C=O) groups excluding carboxylic acids is 1. The third-order valence-corrected chi connectivity index (χ3v) is 4.27. The Kier molecular flexibility index (Phi) is 4.44. The Morgan fingerprint density at radius 1 is 1.17 bits per heavy atom. The number of rotatable bonds is 5. The highest BCUT2D eigenvalue weighted by atomic mass is 19.1. The van der Waals surface area contributed by atoms with E-state index in [0.717, 1.165) is 17.5 Å². The number of hydrogen-bond acceptors (Lipinski definition) is 2. The highest BCUT2D eigenvalue weighted by Crippen LogP contribution is 2.41. The van der Waals surface area contributed by atoms with Crippen molar-refractivity contribution in [1.82, 2.24) is 10.2 Å². The third-order valence-electron chi connectivity index (χ3n) is 4.27. The molecule has 0 unspecified atom stereocenters. The molecule has 120 valence electrons. The Bertz CT molecular complexity index is 687. The van der Waals surface area contributed by atoms with Crippen LogP contribution in [0.4, 0.5) is 4.39 Å². The summed E-state index contributed by atoms with van der Waals surface area (Å²) in [5.74, 6) is -0.0201. The molecule has 1 saturated carbocycles. The van der Waals surface area contributed by atoms with E-state index in [1.54, 1.807) is 12.1 Å². The molecule has 2 aromatic carbocycles. The Balaban J connectivity index is 1.67. The van der Waals surface area contributed by atoms with Gasteiger partial charge in [0.2, 0.25) is 5.91 Å². The van der Waals surface area contributed by atoms with Gasteiger partial charge in [-0.25, -0.2) is 4.39 Å². The molecular formula is C19H21FN2O. The number of likely N-dealkylation sites (N-methyl/N-ethyl adjacent to an activating group) is 1. The lowest BCUT2D eigenvalue weighted by molar-refractivity contribution is -0.125. The molecule has 3 nitrogen and oxygen atoms in total. The molecule has 0 spiro atoms. The van der Waals surface area contributed by atoms with Gasteiger partial charge < -0.3 is 5.32 Å². The zero-order valence-corrected chi connectivity index (χ0v) is 13.4. The van der Waals surface area contributed by atoms with Crippen LogP contribution in [-0.2, 0) is 4.79 Å². The van der Waals surface area contributed by atoms with E-state index in [1.807, 2.05) is 55.4 Å². The maximum Gasteiger partial charge on any atom is 0.242 e. The van der Waals surface area contributed by atoms with Crippen molar-refractivity contribution in [1.29, 1.82) is 0 Å². The SMILES string of the molecule is CN(C)[C@H](C(=O)N[C@H]1C[C@@H]1c1cccc(F)c1)c1ccccc1. The van der Waals surface area contributed by atoms with Crippen LogP contribution in [0.1, 0.15) is 29.5 Å². The largest absolute Gasteiger partial charge is 0.351 e. The zero-order chi connectivity index (χ0) is 16.4. The van der Waals surface area contributed by atoms with E-state index in [-0.39, 0.29) is 29.7 Å². The highest BCUT2D eigenvalue weighted by molar-refractivity contribution is 5.83. The first kappa shape index (κ1) is 15.7. The van der Waals surface area contributed by atoms with Crippen molar-refractivity contribution in [3.63, 3.8) is 0 Å². The van der Waals surface area contributed by atoms with E-state index in [1.165, 1.54) is 6.07 Å². The maximum atomic E-state index is 13.3. The molecule has 1 aliphatic rings. The molecule has 3 rings (SSSR count). The topological polar surface area (TPSA) is 32.3 Å². The normalized spacial score (nSPS) is 21.0. The number of carbonyl (C=O) groups is 1. The van der Waals surface area contributed by atoms with Gasteiger partial charge >= 0.3 is 0 Å². The number of benzene rings is 2. The summed E-state index contributed by atoms with van der Waals surface area (Å²) in [6.45, 7) is 0. The predicted octanol–water partition coefficient (Wildman–Crippen LogP) is 3.10. The molecule has 1 aliphatic carbocycles. The summed E-state index contributed by atoms with van der Waals surface area (Å²) in [6.07, 6.45) is 0.865. The van der Waals surface area contributed by atoms with Gasteiger partial charge in [-0.15, -0.1) is 0 Å². The fraction of sp³-hybridized carbons (Fsp3) is 0.316. The summed E-state index contributed by atoms with van der Waals surface area (Å²) in [6, 6.07) is 16.1. The van der Waals surface area contributed by atoms with Gasteiger partial charge in [-0.05, 0) is 43.8 Å². The quantitative estimate of drug-likeness (QED) is 0.920. The number of nitrogens with one attached hydrogen (secondary N) is 1. The van der Waals surface area contributed by atoms with Crippen LogP contribution in [0.15, 0.2) is 54.6 Å². The molecule has 0 aromatic heterocycles. The zero-order valence-electron chi connectivity index (χ0n) is 13.4. The van der Waals surface area contributed by atoms with E-state index >= 15 is 0 Å². The van der Waals surface area contributed by atoms with Crippen molar-refractivity contribution >= 4 is 5.91 Å². The molecule has 0 aliphatic heterocycles. The average Bonchev–Trinajstić information content (AvgIpc) is 3.27. The smallest absolute Gasteiger partial charge is 0.242 e. The number of halogens is 1. The molecule has 3 atom stereocenters. The van der Waals surface area contributed by atoms with Crippen LogP contribution in [0.3, 0.4) is 0 Å². The van der Waals surface area contributed by atoms with Crippen LogP contribution in [-0.4, -0.2) is 30.9 Å². The van der Waals surface area contributed by atoms with Crippen LogP contribution in [0.5, 0.6) is 0 Å². The van der Waals surface area contributed by atoms with Crippen molar-refractivity contribution in [2.75, 3.05) is 14.1 Å². The monoisotopic (exact) mass is 312 g/mol. The second-order valence-corrected chi connectivity index (χ2v) is 6.29. The van der Waals surface area contributed by atoms with E-state index in [4.69, 9.17) is 0 Å². The number of hydrogen-bond donors (Lipinski definition) is 1. The Morgan fingerprint density at radius 2 is 1.91 bits per heavy atom. The molecule has 1 fully saturated rings. The molecule has 0 bridgehead atoms. The molecule has 23 heavy (non-hydrogen) atoms. The van der Waals surface area contributed by atoms with E-state index in [2.05, 4.69) is 5.32 Å². The van der Waals surface area contributed by atoms with Crippen LogP contribution in [0.2, 0.25) is 0 Å². The van der Waals surface area contributed by atoms with Gasteiger partial charge in [0.05, 0.1) is 0 Å². The van der Waals surface area contributed by atoms with Gasteiger partial charge in [0.1, 0.15) is 11.9 Å². The lowest BCUT2D eigenvalue weighted by Crippen LogP contribution is -2.38. The van der Waals surface area contributed by atoms with Gasteiger partial charge in [0.15, 0.2) is 0 Å². The molecule has 0 saturated heterocycles. The van der Waals surface area contributed by atoms with Crippen LogP contribution in [0, 0.1) is 5.82 Å². The number of nitrogens with zero attached hydrogens (tertiary/aromatic N) is 1. The molecule has 1 amide bonds. The molecule has 0 radical (unpaired) electrons. The van der Waals surface area contributed by atoms with Crippen LogP contribution in [0.25, 0.3) is 0 Å². The van der Waals surface area contributed by atoms with Crippen molar-refractivity contribution < 1.29 is 9.18 Å². The Hall–Kier alpha value is -2.20. The van der Waals surface area contributed by atoms with E-state index < -0.39 is 0 Å². The molecule has 2 aromatic rings. The third kappa shape index (κ3) is 3.59. The summed E-state index contributed by atoms with van der Waals surface area (Å²) >= 11 is 0. The standard InChI is InChI=1S/C19H21FN2O/c1-22(2)18(13-7-4-3-5-8-13)19(23)21-17-12-16(17)14-9-6-10-15(20)11-14/h3-11,16-18H,12H2,1-2H3,(H,21,23)/t16-,17+,18+/m1/s1. The predicted molar refractivity (Wildman–Crippen MR) is 88.6 cm³/mol. The molecule has 1 N–H and O–H groups in total. The summed E-state index contributed by atoms with van der Waals surface area (Å²) in [7, 11) is 3.79. The van der Waals surface area contributed by atoms with Crippen molar-refractivity contribution in [3.05, 3.63) is 71.5 Å². The van der Waals surface area contributed by atoms with Crippen LogP contribution < -0.4 is 5.32 Å². The van der Waals surface area contributed by atoms with E-state index in [0.29, 0.717) is 0 Å². The van der Waals surface area contributed by atoms with Crippen molar-refractivity contribution in [2.24, 2.45) is 0 Å². The van der Waals surface area contributed by atoms with Crippen molar-refractivity contribution in [2.45, 2.75) is 24.4 Å². The van der Waals surface area contributed by atoms with Gasteiger partial charge in [0, 0.05) is 12.0 Å². The maximum absolute atomic E-state index is 13.3. The first-order valence-electron chi connectivity index (χ1n) is 7.83. The Labute approximate surface area is 136 Å². The minimum absolute atomic E-state index is 0.00916. The minimum atomic E-state index is -0.315. The fourth-order valence-corrected chi connectivity index (χ4v) is 3.04. The summed E-state index contributed by atoms with van der Waals surface area (Å²) in [5.41, 5.74) is 1.93. The van der Waals surface area contributed by atoms with Gasteiger partial charge in [-0.1, -0.05) is 42.5 Å². The van der Waals surface area contributed by atoms with Gasteiger partial charge in [0.25, 0.3) is 0 Å². The number of amides is 1. The summed E-state index contributed by atoms with van der Waals surface area (Å²) in [5, 5.41) is 3.10. The lowest BCUT2D eigenvalue weighted by atomic mass is 10.1. The average molecular weight is 312 g/mol. The highest BCUT2D eigenvalue weighted by Gasteiger charge is 2.41. The summed E-state index contributed by atoms with van der Waals surface area (Å²) < 4.78 is 13.3. The fourth-order valence-electron chi connectivity index (χ4n) is 3.04. The van der Waals surface area contributed by atoms with Crippen molar-refractivity contribution in [3.8, 4) is 0 Å². The second kappa shape index (κ2) is 6.50. The second-order valence-electron chi connectivity index (χ2n) is 6.29.